The van der Waals surface area contributed by atoms with Gasteiger partial charge in [0, 0.05) is 19.1 Å². The fourth-order valence-corrected chi connectivity index (χ4v) is 4.41. The minimum Gasteiger partial charge on any atom is -0.327 e. The second-order valence-electron chi connectivity index (χ2n) is 4.84. The molecule has 0 aromatic heterocycles. The average molecular weight is 287 g/mol. The molecule has 0 amide bonds. The number of halogens is 2. The van der Waals surface area contributed by atoms with E-state index in [4.69, 9.17) is 5.73 Å². The van der Waals surface area contributed by atoms with Crippen molar-refractivity contribution in [2.45, 2.75) is 25.3 Å². The first-order chi connectivity index (χ1) is 7.54. The first-order valence-corrected chi connectivity index (χ1v) is 7.45. The molecule has 3 unspecified atom stereocenters. The molecule has 2 aliphatic rings. The lowest BCUT2D eigenvalue weighted by Gasteiger charge is -2.18. The summed E-state index contributed by atoms with van der Waals surface area (Å²) in [4.78, 5) is 0. The SMILES string of the molecule is Cl.NC1CCC2CN(S(=O)(=O)CCCF)CC12. The van der Waals surface area contributed by atoms with Gasteiger partial charge in [-0.05, 0) is 31.1 Å². The van der Waals surface area contributed by atoms with Crippen LogP contribution in [0.1, 0.15) is 19.3 Å². The number of sulfonamides is 1. The number of rotatable bonds is 4. The van der Waals surface area contributed by atoms with Crippen molar-refractivity contribution in [3.8, 4) is 0 Å². The number of alkyl halides is 1. The number of hydrogen-bond donors (Lipinski definition) is 1. The first kappa shape index (κ1) is 15.1. The molecule has 2 rings (SSSR count). The Morgan fingerprint density at radius 1 is 1.29 bits per heavy atom. The Balaban J connectivity index is 0.00000144. The summed E-state index contributed by atoms with van der Waals surface area (Å²) in [7, 11) is -3.25. The highest BCUT2D eigenvalue weighted by Gasteiger charge is 2.44. The van der Waals surface area contributed by atoms with E-state index < -0.39 is 16.7 Å². The van der Waals surface area contributed by atoms with E-state index >= 15 is 0 Å². The van der Waals surface area contributed by atoms with Crippen molar-refractivity contribution in [2.24, 2.45) is 17.6 Å². The van der Waals surface area contributed by atoms with E-state index in [1.165, 1.54) is 4.31 Å². The van der Waals surface area contributed by atoms with E-state index in [1.54, 1.807) is 0 Å². The molecule has 2 fully saturated rings. The molecular formula is C10H20ClFN2O2S. The van der Waals surface area contributed by atoms with Crippen LogP contribution in [0.15, 0.2) is 0 Å². The van der Waals surface area contributed by atoms with E-state index in [9.17, 15) is 12.8 Å². The molecule has 2 N–H and O–H groups in total. The minimum absolute atomic E-state index is 0. The molecule has 0 aromatic rings. The zero-order chi connectivity index (χ0) is 11.8. The summed E-state index contributed by atoms with van der Waals surface area (Å²) in [6.45, 7) is 0.562. The van der Waals surface area contributed by atoms with Crippen LogP contribution in [0.25, 0.3) is 0 Å². The summed E-state index contributed by atoms with van der Waals surface area (Å²) < 4.78 is 37.2. The van der Waals surface area contributed by atoms with Crippen LogP contribution in [-0.2, 0) is 10.0 Å². The minimum atomic E-state index is -3.25. The van der Waals surface area contributed by atoms with Gasteiger partial charge in [0.1, 0.15) is 0 Å². The molecule has 1 saturated heterocycles. The maximum atomic E-state index is 12.0. The molecule has 0 radical (unpaired) electrons. The molecule has 102 valence electrons. The van der Waals surface area contributed by atoms with E-state index in [1.807, 2.05) is 0 Å². The van der Waals surface area contributed by atoms with Gasteiger partial charge < -0.3 is 5.73 Å². The van der Waals surface area contributed by atoms with Gasteiger partial charge in [0.25, 0.3) is 0 Å². The van der Waals surface area contributed by atoms with Crippen molar-refractivity contribution in [2.75, 3.05) is 25.5 Å². The van der Waals surface area contributed by atoms with Crippen LogP contribution in [-0.4, -0.2) is 44.3 Å². The topological polar surface area (TPSA) is 63.4 Å². The predicted octanol–water partition coefficient (Wildman–Crippen LogP) is 0.767. The van der Waals surface area contributed by atoms with Gasteiger partial charge in [-0.2, -0.15) is 0 Å². The molecule has 4 nitrogen and oxygen atoms in total. The van der Waals surface area contributed by atoms with Crippen LogP contribution >= 0.6 is 12.4 Å². The second kappa shape index (κ2) is 5.82. The molecule has 1 heterocycles. The summed E-state index contributed by atoms with van der Waals surface area (Å²) in [5.41, 5.74) is 5.94. The van der Waals surface area contributed by atoms with Crippen LogP contribution in [0.2, 0.25) is 0 Å². The van der Waals surface area contributed by atoms with E-state index in [2.05, 4.69) is 0 Å². The Morgan fingerprint density at radius 3 is 2.59 bits per heavy atom. The monoisotopic (exact) mass is 286 g/mol. The lowest BCUT2D eigenvalue weighted by atomic mass is 9.98. The Labute approximate surface area is 108 Å². The molecule has 1 aliphatic heterocycles. The summed E-state index contributed by atoms with van der Waals surface area (Å²) in [6, 6.07) is 0.145. The van der Waals surface area contributed by atoms with Gasteiger partial charge >= 0.3 is 0 Å². The van der Waals surface area contributed by atoms with Gasteiger partial charge in [0.2, 0.25) is 10.0 Å². The molecule has 1 aliphatic carbocycles. The quantitative estimate of drug-likeness (QED) is 0.830. The predicted molar refractivity (Wildman–Crippen MR) is 67.4 cm³/mol. The van der Waals surface area contributed by atoms with Crippen LogP contribution in [0, 0.1) is 11.8 Å². The largest absolute Gasteiger partial charge is 0.327 e. The van der Waals surface area contributed by atoms with E-state index in [0.717, 1.165) is 12.8 Å². The lowest BCUT2D eigenvalue weighted by molar-refractivity contribution is 0.422. The number of hydrogen-bond acceptors (Lipinski definition) is 3. The molecule has 0 spiro atoms. The van der Waals surface area contributed by atoms with Crippen molar-refractivity contribution in [1.29, 1.82) is 0 Å². The zero-order valence-electron chi connectivity index (χ0n) is 9.72. The summed E-state index contributed by atoms with van der Waals surface area (Å²) in [5.74, 6) is 0.674. The van der Waals surface area contributed by atoms with Crippen LogP contribution < -0.4 is 5.73 Å². The summed E-state index contributed by atoms with van der Waals surface area (Å²) in [6.07, 6.45) is 2.13. The van der Waals surface area contributed by atoms with Gasteiger partial charge in [-0.15, -0.1) is 12.4 Å². The van der Waals surface area contributed by atoms with Gasteiger partial charge in [0.15, 0.2) is 0 Å². The van der Waals surface area contributed by atoms with E-state index in [-0.39, 0.29) is 30.6 Å². The molecule has 1 saturated carbocycles. The zero-order valence-corrected chi connectivity index (χ0v) is 11.4. The Kier molecular flexibility index (Phi) is 5.19. The number of nitrogens with two attached hydrogens (primary N) is 1. The summed E-state index contributed by atoms with van der Waals surface area (Å²) >= 11 is 0. The molecule has 0 bridgehead atoms. The lowest BCUT2D eigenvalue weighted by Crippen LogP contribution is -2.34. The Morgan fingerprint density at radius 2 is 2.00 bits per heavy atom. The van der Waals surface area contributed by atoms with Crippen molar-refractivity contribution in [3.05, 3.63) is 0 Å². The van der Waals surface area contributed by atoms with Crippen molar-refractivity contribution in [1.82, 2.24) is 4.31 Å². The maximum absolute atomic E-state index is 12.0. The molecular weight excluding hydrogens is 267 g/mol. The fourth-order valence-electron chi connectivity index (χ4n) is 2.86. The Hall–Kier alpha value is 0.0900. The normalized spacial score (nSPS) is 33.4. The third-order valence-electron chi connectivity index (χ3n) is 3.81. The van der Waals surface area contributed by atoms with Gasteiger partial charge in [-0.3, -0.25) is 4.39 Å². The summed E-state index contributed by atoms with van der Waals surface area (Å²) in [5, 5.41) is 0. The highest BCUT2D eigenvalue weighted by atomic mass is 35.5. The standard InChI is InChI=1S/C10H19FN2O2S.ClH/c11-4-1-5-16(14,15)13-6-8-2-3-10(12)9(8)7-13;/h8-10H,1-7,12H2;1H. The highest BCUT2D eigenvalue weighted by molar-refractivity contribution is 7.89. The van der Waals surface area contributed by atoms with Crippen molar-refractivity contribution < 1.29 is 12.8 Å². The average Bonchev–Trinajstić information content (AvgIpc) is 2.79. The van der Waals surface area contributed by atoms with Crippen LogP contribution in [0.4, 0.5) is 4.39 Å². The van der Waals surface area contributed by atoms with Crippen molar-refractivity contribution >= 4 is 22.4 Å². The Bertz CT molecular complexity index is 352. The van der Waals surface area contributed by atoms with Gasteiger partial charge in [-0.1, -0.05) is 0 Å². The number of nitrogens with zero attached hydrogens (tertiary/aromatic N) is 1. The van der Waals surface area contributed by atoms with E-state index in [0.29, 0.717) is 24.9 Å². The number of fused-ring (bicyclic) bond motifs is 1. The molecule has 0 aromatic carbocycles. The molecule has 7 heteroatoms. The van der Waals surface area contributed by atoms with Crippen LogP contribution in [0.5, 0.6) is 0 Å². The first-order valence-electron chi connectivity index (χ1n) is 5.84. The smallest absolute Gasteiger partial charge is 0.214 e. The van der Waals surface area contributed by atoms with Gasteiger partial charge in [-0.25, -0.2) is 12.7 Å². The second-order valence-corrected chi connectivity index (χ2v) is 6.93. The van der Waals surface area contributed by atoms with Crippen LogP contribution in [0.3, 0.4) is 0 Å². The molecule has 17 heavy (non-hydrogen) atoms. The molecule has 3 atom stereocenters. The highest BCUT2D eigenvalue weighted by Crippen LogP contribution is 2.38. The van der Waals surface area contributed by atoms with Crippen molar-refractivity contribution in [3.63, 3.8) is 0 Å². The third-order valence-corrected chi connectivity index (χ3v) is 5.70. The third kappa shape index (κ3) is 3.10. The maximum Gasteiger partial charge on any atom is 0.214 e. The fraction of sp³-hybridized carbons (Fsp3) is 1.00. The van der Waals surface area contributed by atoms with Gasteiger partial charge in [0.05, 0.1) is 12.4 Å².